The van der Waals surface area contributed by atoms with Gasteiger partial charge in [-0.2, -0.15) is 13.5 Å². The van der Waals surface area contributed by atoms with E-state index in [2.05, 4.69) is 45.5 Å². The molecule has 0 saturated carbocycles. The molecule has 0 aliphatic carbocycles. The van der Waals surface area contributed by atoms with Crippen LogP contribution in [0.1, 0.15) is 39.5 Å². The predicted octanol–water partition coefficient (Wildman–Crippen LogP) is 3.99. The van der Waals surface area contributed by atoms with Gasteiger partial charge in [-0.3, -0.25) is 0 Å². The summed E-state index contributed by atoms with van der Waals surface area (Å²) in [6.07, 6.45) is 9.13. The summed E-state index contributed by atoms with van der Waals surface area (Å²) in [5.74, 6) is 0.794. The van der Waals surface area contributed by atoms with Crippen molar-refractivity contribution in [1.29, 1.82) is 0 Å². The summed E-state index contributed by atoms with van der Waals surface area (Å²) in [6.45, 7) is 9.50. The van der Waals surface area contributed by atoms with Crippen LogP contribution >= 0.6 is 13.5 Å². The smallest absolute Gasteiger partial charge is 0.000103 e. The Labute approximate surface area is 109 Å². The van der Waals surface area contributed by atoms with Gasteiger partial charge < -0.3 is 4.90 Å². The average Bonchev–Trinajstić information content (AvgIpc) is 2.14. The molecule has 0 aromatic rings. The van der Waals surface area contributed by atoms with Gasteiger partial charge in [0.15, 0.2) is 0 Å². The fourth-order valence-electron chi connectivity index (χ4n) is 1.74. The van der Waals surface area contributed by atoms with Gasteiger partial charge in [0.1, 0.15) is 0 Å². The zero-order valence-electron chi connectivity index (χ0n) is 11.4. The highest BCUT2D eigenvalue weighted by Crippen LogP contribution is 2.13. The number of allylic oxidation sites excluding steroid dienone is 3. The third-order valence-corrected chi connectivity index (χ3v) is 2.57. The van der Waals surface area contributed by atoms with E-state index >= 15 is 0 Å². The molecule has 0 N–H and O–H groups in total. The van der Waals surface area contributed by atoms with Crippen LogP contribution in [0.5, 0.6) is 0 Å². The summed E-state index contributed by atoms with van der Waals surface area (Å²) in [4.78, 5) is 2.27. The highest BCUT2D eigenvalue weighted by Gasteiger charge is 2.03. The maximum atomic E-state index is 3.73. The zero-order chi connectivity index (χ0) is 11.7. The summed E-state index contributed by atoms with van der Waals surface area (Å²) in [5.41, 5.74) is 1.53. The second-order valence-corrected chi connectivity index (χ2v) is 4.82. The summed E-state index contributed by atoms with van der Waals surface area (Å²) in [5, 5.41) is 0. The Morgan fingerprint density at radius 1 is 1.31 bits per heavy atom. The molecule has 0 amide bonds. The van der Waals surface area contributed by atoms with Gasteiger partial charge in [0.25, 0.3) is 0 Å². The lowest BCUT2D eigenvalue weighted by Gasteiger charge is -2.16. The average molecular weight is 243 g/mol. The van der Waals surface area contributed by atoms with Crippen molar-refractivity contribution in [3.05, 3.63) is 24.3 Å². The van der Waals surface area contributed by atoms with E-state index in [0.29, 0.717) is 0 Å². The third-order valence-electron chi connectivity index (χ3n) is 2.57. The minimum atomic E-state index is 0. The molecule has 0 spiro atoms. The summed E-state index contributed by atoms with van der Waals surface area (Å²) >= 11 is 0. The third kappa shape index (κ3) is 11.9. The van der Waals surface area contributed by atoms with Crippen molar-refractivity contribution in [3.8, 4) is 0 Å². The van der Waals surface area contributed by atoms with Gasteiger partial charge >= 0.3 is 0 Å². The van der Waals surface area contributed by atoms with Gasteiger partial charge in [-0.15, -0.1) is 6.58 Å². The van der Waals surface area contributed by atoms with Crippen LogP contribution in [0.3, 0.4) is 0 Å². The highest BCUT2D eigenvalue weighted by atomic mass is 32.1. The van der Waals surface area contributed by atoms with Crippen molar-refractivity contribution >= 4 is 13.5 Å². The number of hydrogen-bond acceptors (Lipinski definition) is 1. The molecule has 0 heterocycles. The normalized spacial score (nSPS) is 13.4. The van der Waals surface area contributed by atoms with Crippen molar-refractivity contribution in [1.82, 2.24) is 4.90 Å². The van der Waals surface area contributed by atoms with Gasteiger partial charge in [0.2, 0.25) is 0 Å². The largest absolute Gasteiger partial charge is 0.309 e. The molecule has 0 aromatic heterocycles. The fourth-order valence-corrected chi connectivity index (χ4v) is 1.74. The zero-order valence-corrected chi connectivity index (χ0v) is 12.4. The first-order chi connectivity index (χ1) is 7.06. The summed E-state index contributed by atoms with van der Waals surface area (Å²) in [6, 6.07) is 0. The molecule has 1 atom stereocenters. The number of nitrogens with zero attached hydrogens (tertiary/aromatic N) is 1. The van der Waals surface area contributed by atoms with E-state index in [1.54, 1.807) is 0 Å². The molecule has 0 aliphatic heterocycles. The van der Waals surface area contributed by atoms with Gasteiger partial charge in [-0.05, 0) is 52.6 Å². The van der Waals surface area contributed by atoms with Crippen molar-refractivity contribution in [2.45, 2.75) is 39.5 Å². The lowest BCUT2D eigenvalue weighted by molar-refractivity contribution is 0.328. The summed E-state index contributed by atoms with van der Waals surface area (Å²) < 4.78 is 0. The van der Waals surface area contributed by atoms with Crippen LogP contribution < -0.4 is 0 Å². The molecular weight excluding hydrogens is 214 g/mol. The van der Waals surface area contributed by atoms with E-state index < -0.39 is 0 Å². The van der Waals surface area contributed by atoms with Crippen molar-refractivity contribution in [2.75, 3.05) is 20.6 Å². The van der Waals surface area contributed by atoms with Gasteiger partial charge in [0.05, 0.1) is 0 Å². The molecule has 0 aromatic carbocycles. The molecular formula is C14H29NS. The first kappa shape index (κ1) is 18.2. The number of unbranched alkanes of at least 4 members (excludes halogenated alkanes) is 1. The van der Waals surface area contributed by atoms with Crippen LogP contribution in [0.15, 0.2) is 24.3 Å². The molecule has 96 valence electrons. The number of hydrogen-bond donors (Lipinski definition) is 0. The first-order valence-electron chi connectivity index (χ1n) is 5.97. The van der Waals surface area contributed by atoms with Crippen LogP contribution in [0.2, 0.25) is 0 Å². The molecule has 16 heavy (non-hydrogen) atoms. The quantitative estimate of drug-likeness (QED) is 0.460. The Morgan fingerprint density at radius 2 is 1.94 bits per heavy atom. The monoisotopic (exact) mass is 243 g/mol. The topological polar surface area (TPSA) is 3.24 Å². The summed E-state index contributed by atoms with van der Waals surface area (Å²) in [7, 11) is 4.28. The van der Waals surface area contributed by atoms with Crippen LogP contribution in [0, 0.1) is 5.92 Å². The van der Waals surface area contributed by atoms with Crippen LogP contribution in [-0.4, -0.2) is 25.5 Å². The lowest BCUT2D eigenvalue weighted by Crippen LogP contribution is -2.19. The highest BCUT2D eigenvalue weighted by molar-refractivity contribution is 7.59. The van der Waals surface area contributed by atoms with Crippen molar-refractivity contribution in [2.24, 2.45) is 5.92 Å². The molecule has 0 radical (unpaired) electrons. The molecule has 0 saturated heterocycles. The molecule has 0 fully saturated rings. The first-order valence-corrected chi connectivity index (χ1v) is 5.97. The predicted molar refractivity (Wildman–Crippen MR) is 80.5 cm³/mol. The van der Waals surface area contributed by atoms with E-state index in [-0.39, 0.29) is 13.5 Å². The maximum Gasteiger partial charge on any atom is 0.000103 e. The Morgan fingerprint density at radius 3 is 2.44 bits per heavy atom. The Bertz CT molecular complexity index is 197. The van der Waals surface area contributed by atoms with Crippen molar-refractivity contribution < 1.29 is 0 Å². The minimum absolute atomic E-state index is 0. The second kappa shape index (κ2) is 11.3. The van der Waals surface area contributed by atoms with Crippen molar-refractivity contribution in [3.63, 3.8) is 0 Å². The second-order valence-electron chi connectivity index (χ2n) is 4.82. The van der Waals surface area contributed by atoms with E-state index in [0.717, 1.165) is 18.8 Å². The van der Waals surface area contributed by atoms with Gasteiger partial charge in [-0.25, -0.2) is 0 Å². The molecule has 1 unspecified atom stereocenters. The Hall–Kier alpha value is -0.210. The van der Waals surface area contributed by atoms with Crippen LogP contribution in [-0.2, 0) is 0 Å². The Kier molecular flexibility index (Phi) is 12.8. The minimum Gasteiger partial charge on any atom is -0.309 e. The fraction of sp³-hybridized carbons (Fsp3) is 0.714. The van der Waals surface area contributed by atoms with E-state index in [4.69, 9.17) is 0 Å². The Balaban J connectivity index is 0. The molecule has 0 aliphatic rings. The lowest BCUT2D eigenvalue weighted by atomic mass is 10.0. The maximum absolute atomic E-state index is 3.73. The standard InChI is InChI=1S/C14H27N.H2S/c1-6-7-8-9-13(2)10-11-14(3)12-15(4)5;/h6,9,14H,1,7-8,10-12H2,2-5H3;1H2/b13-9+;. The molecule has 0 rings (SSSR count). The van der Waals surface area contributed by atoms with Gasteiger partial charge in [-0.1, -0.05) is 24.6 Å². The molecule has 1 nitrogen and oxygen atoms in total. The van der Waals surface area contributed by atoms with Gasteiger partial charge in [0, 0.05) is 6.54 Å². The number of rotatable bonds is 8. The molecule has 0 bridgehead atoms. The van der Waals surface area contributed by atoms with E-state index in [1.165, 1.54) is 25.0 Å². The van der Waals surface area contributed by atoms with Crippen LogP contribution in [0.25, 0.3) is 0 Å². The molecule has 2 heteroatoms. The van der Waals surface area contributed by atoms with Crippen LogP contribution in [0.4, 0.5) is 0 Å². The van der Waals surface area contributed by atoms with E-state index in [9.17, 15) is 0 Å². The SMILES string of the molecule is C=CCC/C=C(\C)CCC(C)CN(C)C.S. The van der Waals surface area contributed by atoms with E-state index in [1.807, 2.05) is 6.08 Å².